The molecule has 0 saturated carbocycles. The lowest BCUT2D eigenvalue weighted by Gasteiger charge is -2.10. The second kappa shape index (κ2) is 8.03. The van der Waals surface area contributed by atoms with Crippen LogP contribution in [0.4, 0.5) is 0 Å². The molecule has 116 valence electrons. The van der Waals surface area contributed by atoms with E-state index in [-0.39, 0.29) is 19.1 Å². The fourth-order valence-corrected chi connectivity index (χ4v) is 2.13. The number of amides is 1. The molecule has 0 fully saturated rings. The minimum atomic E-state index is -0.265. The van der Waals surface area contributed by atoms with Crippen molar-refractivity contribution in [3.8, 4) is 5.75 Å². The van der Waals surface area contributed by atoms with Gasteiger partial charge in [0.25, 0.3) is 5.91 Å². The van der Waals surface area contributed by atoms with Crippen LogP contribution in [0.1, 0.15) is 11.1 Å². The Kier molecular flexibility index (Phi) is 6.07. The Labute approximate surface area is 138 Å². The second-order valence-electron chi connectivity index (χ2n) is 4.57. The quantitative estimate of drug-likeness (QED) is 0.849. The molecule has 2 N–H and O–H groups in total. The van der Waals surface area contributed by atoms with Gasteiger partial charge in [0.05, 0.1) is 16.7 Å². The van der Waals surface area contributed by atoms with Crippen LogP contribution in [0.15, 0.2) is 42.5 Å². The number of aliphatic hydroxyl groups excluding tert-OH is 1. The van der Waals surface area contributed by atoms with E-state index in [1.807, 2.05) is 24.3 Å². The van der Waals surface area contributed by atoms with Gasteiger partial charge in [-0.2, -0.15) is 0 Å². The zero-order chi connectivity index (χ0) is 15.9. The largest absolute Gasteiger partial charge is 0.484 e. The van der Waals surface area contributed by atoms with Gasteiger partial charge in [-0.3, -0.25) is 4.79 Å². The summed E-state index contributed by atoms with van der Waals surface area (Å²) >= 11 is 11.7. The molecule has 0 aromatic heterocycles. The number of benzene rings is 2. The summed E-state index contributed by atoms with van der Waals surface area (Å²) in [7, 11) is 0. The number of carbonyl (C=O) groups is 1. The van der Waals surface area contributed by atoms with E-state index in [2.05, 4.69) is 5.32 Å². The molecule has 2 rings (SSSR count). The molecule has 0 aliphatic heterocycles. The molecular weight excluding hydrogens is 325 g/mol. The minimum Gasteiger partial charge on any atom is -0.484 e. The van der Waals surface area contributed by atoms with Crippen LogP contribution in [0.25, 0.3) is 0 Å². The van der Waals surface area contributed by atoms with Crippen molar-refractivity contribution in [3.63, 3.8) is 0 Å². The highest BCUT2D eigenvalue weighted by Gasteiger charge is 2.06. The fourth-order valence-electron chi connectivity index (χ4n) is 1.84. The molecule has 22 heavy (non-hydrogen) atoms. The molecule has 0 bridgehead atoms. The third-order valence-corrected chi connectivity index (χ3v) is 3.76. The first kappa shape index (κ1) is 16.6. The maximum Gasteiger partial charge on any atom is 0.258 e. The highest BCUT2D eigenvalue weighted by Crippen LogP contribution is 2.26. The van der Waals surface area contributed by atoms with E-state index >= 15 is 0 Å². The first-order chi connectivity index (χ1) is 10.6. The summed E-state index contributed by atoms with van der Waals surface area (Å²) < 4.78 is 5.34. The Hall–Kier alpha value is -1.75. The number of halogens is 2. The maximum absolute atomic E-state index is 11.8. The van der Waals surface area contributed by atoms with Gasteiger partial charge in [0, 0.05) is 12.6 Å². The van der Waals surface area contributed by atoms with Crippen molar-refractivity contribution in [2.24, 2.45) is 0 Å². The predicted molar refractivity (Wildman–Crippen MR) is 86.2 cm³/mol. The number of ether oxygens (including phenoxy) is 1. The van der Waals surface area contributed by atoms with Crippen molar-refractivity contribution >= 4 is 29.1 Å². The molecular formula is C16H15Cl2NO3. The SMILES string of the molecule is O=C(COc1ccc(Cl)c(Cl)c1)NCc1ccccc1CO. The summed E-state index contributed by atoms with van der Waals surface area (Å²) in [5, 5.41) is 12.8. The van der Waals surface area contributed by atoms with Crippen molar-refractivity contribution in [1.82, 2.24) is 5.32 Å². The average molecular weight is 340 g/mol. The molecule has 6 heteroatoms. The molecule has 0 aliphatic carbocycles. The van der Waals surface area contributed by atoms with Crippen LogP contribution in [-0.2, 0) is 17.9 Å². The molecule has 0 heterocycles. The summed E-state index contributed by atoms with van der Waals surface area (Å²) in [4.78, 5) is 11.8. The zero-order valence-corrected chi connectivity index (χ0v) is 13.2. The van der Waals surface area contributed by atoms with Crippen molar-refractivity contribution in [2.45, 2.75) is 13.2 Å². The lowest BCUT2D eigenvalue weighted by molar-refractivity contribution is -0.123. The van der Waals surface area contributed by atoms with Crippen LogP contribution in [0, 0.1) is 0 Å². The predicted octanol–water partition coefficient (Wildman–Crippen LogP) is 3.18. The molecule has 1 amide bonds. The van der Waals surface area contributed by atoms with Gasteiger partial charge in [-0.15, -0.1) is 0 Å². The summed E-state index contributed by atoms with van der Waals surface area (Å²) in [5.41, 5.74) is 1.65. The van der Waals surface area contributed by atoms with Crippen LogP contribution in [0.3, 0.4) is 0 Å². The molecule has 0 atom stereocenters. The smallest absolute Gasteiger partial charge is 0.258 e. The van der Waals surface area contributed by atoms with Crippen molar-refractivity contribution < 1.29 is 14.6 Å². The van der Waals surface area contributed by atoms with Gasteiger partial charge in [0.1, 0.15) is 5.75 Å². The second-order valence-corrected chi connectivity index (χ2v) is 5.38. The van der Waals surface area contributed by atoms with Crippen LogP contribution in [-0.4, -0.2) is 17.6 Å². The fraction of sp³-hybridized carbons (Fsp3) is 0.188. The number of aliphatic hydroxyl groups is 1. The lowest BCUT2D eigenvalue weighted by atomic mass is 10.1. The summed E-state index contributed by atoms with van der Waals surface area (Å²) in [6.45, 7) is 0.144. The van der Waals surface area contributed by atoms with E-state index < -0.39 is 0 Å². The molecule has 2 aromatic rings. The molecule has 0 radical (unpaired) electrons. The van der Waals surface area contributed by atoms with Gasteiger partial charge in [-0.05, 0) is 23.3 Å². The number of rotatable bonds is 6. The average Bonchev–Trinajstić information content (AvgIpc) is 2.54. The highest BCUT2D eigenvalue weighted by molar-refractivity contribution is 6.42. The first-order valence-electron chi connectivity index (χ1n) is 6.62. The third kappa shape index (κ3) is 4.63. The normalized spacial score (nSPS) is 10.3. The Morgan fingerprint density at radius 1 is 1.09 bits per heavy atom. The topological polar surface area (TPSA) is 58.6 Å². The van der Waals surface area contributed by atoms with Gasteiger partial charge < -0.3 is 15.2 Å². The molecule has 2 aromatic carbocycles. The van der Waals surface area contributed by atoms with Crippen molar-refractivity contribution in [2.75, 3.05) is 6.61 Å². The van der Waals surface area contributed by atoms with Gasteiger partial charge >= 0.3 is 0 Å². The van der Waals surface area contributed by atoms with Crippen LogP contribution < -0.4 is 10.1 Å². The number of carbonyl (C=O) groups excluding carboxylic acids is 1. The zero-order valence-electron chi connectivity index (χ0n) is 11.7. The van der Waals surface area contributed by atoms with E-state index in [0.29, 0.717) is 22.3 Å². The molecule has 4 nitrogen and oxygen atoms in total. The number of hydrogen-bond acceptors (Lipinski definition) is 3. The number of nitrogens with one attached hydrogen (secondary N) is 1. The Balaban J connectivity index is 1.84. The van der Waals surface area contributed by atoms with E-state index in [1.165, 1.54) is 0 Å². The molecule has 0 unspecified atom stereocenters. The highest BCUT2D eigenvalue weighted by atomic mass is 35.5. The van der Waals surface area contributed by atoms with Crippen LogP contribution in [0.2, 0.25) is 10.0 Å². The minimum absolute atomic E-state index is 0.0637. The summed E-state index contributed by atoms with van der Waals surface area (Å²) in [5.74, 6) is 0.208. The lowest BCUT2D eigenvalue weighted by Crippen LogP contribution is -2.28. The van der Waals surface area contributed by atoms with E-state index in [4.69, 9.17) is 27.9 Å². The van der Waals surface area contributed by atoms with E-state index in [0.717, 1.165) is 11.1 Å². The molecule has 0 spiro atoms. The summed E-state index contributed by atoms with van der Waals surface area (Å²) in [6.07, 6.45) is 0. The van der Waals surface area contributed by atoms with Crippen molar-refractivity contribution in [1.29, 1.82) is 0 Å². The maximum atomic E-state index is 11.8. The van der Waals surface area contributed by atoms with E-state index in [1.54, 1.807) is 18.2 Å². The van der Waals surface area contributed by atoms with Gasteiger partial charge in [0.15, 0.2) is 6.61 Å². The number of hydrogen-bond donors (Lipinski definition) is 2. The standard InChI is InChI=1S/C16H15Cl2NO3/c17-14-6-5-13(7-15(14)18)22-10-16(21)19-8-11-3-1-2-4-12(11)9-20/h1-7,20H,8-10H2,(H,19,21). The van der Waals surface area contributed by atoms with E-state index in [9.17, 15) is 9.90 Å². The Bertz CT molecular complexity index is 662. The first-order valence-corrected chi connectivity index (χ1v) is 7.38. The monoisotopic (exact) mass is 339 g/mol. The molecule has 0 aliphatic rings. The van der Waals surface area contributed by atoms with Gasteiger partial charge in [-0.25, -0.2) is 0 Å². The Morgan fingerprint density at radius 3 is 2.50 bits per heavy atom. The molecule has 0 saturated heterocycles. The Morgan fingerprint density at radius 2 is 1.82 bits per heavy atom. The van der Waals surface area contributed by atoms with Crippen molar-refractivity contribution in [3.05, 3.63) is 63.6 Å². The van der Waals surface area contributed by atoms with Crippen LogP contribution >= 0.6 is 23.2 Å². The summed E-state index contributed by atoms with van der Waals surface area (Å²) in [6, 6.07) is 12.2. The van der Waals surface area contributed by atoms with Gasteiger partial charge in [-0.1, -0.05) is 47.5 Å². The van der Waals surface area contributed by atoms with Crippen LogP contribution in [0.5, 0.6) is 5.75 Å². The van der Waals surface area contributed by atoms with Gasteiger partial charge in [0.2, 0.25) is 0 Å². The third-order valence-electron chi connectivity index (χ3n) is 3.03.